The lowest BCUT2D eigenvalue weighted by Crippen LogP contribution is -2.39. The van der Waals surface area contributed by atoms with Crippen molar-refractivity contribution in [2.24, 2.45) is 0 Å². The zero-order chi connectivity index (χ0) is 20.3. The minimum absolute atomic E-state index is 0.116. The fourth-order valence-electron chi connectivity index (χ4n) is 2.66. The number of aromatic amines is 1. The van der Waals surface area contributed by atoms with E-state index in [2.05, 4.69) is 20.8 Å². The summed E-state index contributed by atoms with van der Waals surface area (Å²) >= 11 is 0. The first-order chi connectivity index (χ1) is 13.4. The summed E-state index contributed by atoms with van der Waals surface area (Å²) in [5, 5.41) is 11.6. The van der Waals surface area contributed by atoms with E-state index in [4.69, 9.17) is 0 Å². The summed E-state index contributed by atoms with van der Waals surface area (Å²) in [7, 11) is 1.38. The molecule has 0 saturated carbocycles. The Morgan fingerprint density at radius 2 is 1.75 bits per heavy atom. The Morgan fingerprint density at radius 3 is 2.39 bits per heavy atom. The van der Waals surface area contributed by atoms with Crippen LogP contribution in [-0.4, -0.2) is 29.1 Å². The molecule has 3 aromatic rings. The minimum Gasteiger partial charge on any atom is -0.357 e. The fourth-order valence-corrected chi connectivity index (χ4v) is 2.66. The van der Waals surface area contributed by atoms with Crippen molar-refractivity contribution in [3.8, 4) is 11.3 Å². The van der Waals surface area contributed by atoms with E-state index in [1.165, 1.54) is 13.1 Å². The van der Waals surface area contributed by atoms with Crippen molar-refractivity contribution in [2.45, 2.75) is 13.0 Å². The van der Waals surface area contributed by atoms with E-state index in [0.717, 1.165) is 23.3 Å². The highest BCUT2D eigenvalue weighted by atomic mass is 19.2. The van der Waals surface area contributed by atoms with Crippen LogP contribution in [0, 0.1) is 18.6 Å². The third-order valence-corrected chi connectivity index (χ3v) is 4.23. The van der Waals surface area contributed by atoms with Crippen LogP contribution in [0.3, 0.4) is 0 Å². The molecule has 2 amide bonds. The highest BCUT2D eigenvalue weighted by Gasteiger charge is 2.24. The van der Waals surface area contributed by atoms with Gasteiger partial charge in [0.25, 0.3) is 5.91 Å². The van der Waals surface area contributed by atoms with Crippen LogP contribution >= 0.6 is 0 Å². The van der Waals surface area contributed by atoms with E-state index in [9.17, 15) is 18.4 Å². The van der Waals surface area contributed by atoms with Gasteiger partial charge in [-0.3, -0.25) is 14.7 Å². The molecule has 8 heteroatoms. The number of rotatable bonds is 5. The Kier molecular flexibility index (Phi) is 5.49. The molecule has 0 aliphatic heterocycles. The van der Waals surface area contributed by atoms with Gasteiger partial charge < -0.3 is 10.6 Å². The van der Waals surface area contributed by atoms with E-state index >= 15 is 0 Å². The van der Waals surface area contributed by atoms with Gasteiger partial charge in [-0.05, 0) is 30.7 Å². The number of likely N-dealkylation sites (N-methyl/N-ethyl adjacent to an activating group) is 1. The first kappa shape index (κ1) is 19.2. The van der Waals surface area contributed by atoms with Crippen molar-refractivity contribution in [3.63, 3.8) is 0 Å². The molecular weight excluding hydrogens is 366 g/mol. The molecule has 0 saturated heterocycles. The summed E-state index contributed by atoms with van der Waals surface area (Å²) in [6.07, 6.45) is 0. The number of amides is 2. The Morgan fingerprint density at radius 1 is 1.04 bits per heavy atom. The van der Waals surface area contributed by atoms with Crippen LogP contribution in [0.2, 0.25) is 0 Å². The van der Waals surface area contributed by atoms with Crippen LogP contribution in [0.1, 0.15) is 27.7 Å². The topological polar surface area (TPSA) is 86.9 Å². The van der Waals surface area contributed by atoms with Crippen molar-refractivity contribution < 1.29 is 18.4 Å². The average Bonchev–Trinajstić information content (AvgIpc) is 3.18. The standard InChI is InChI=1S/C20H18F2N4O2/c1-11-3-5-12(6-4-11)16-10-17(26-25-16)19(27)24-18(20(28)23-2)13-7-8-14(21)15(22)9-13/h3-10,18H,1-2H3,(H,23,28)(H,24,27)(H,25,26). The van der Waals surface area contributed by atoms with E-state index in [1.54, 1.807) is 6.07 Å². The van der Waals surface area contributed by atoms with Crippen LogP contribution in [0.4, 0.5) is 8.78 Å². The van der Waals surface area contributed by atoms with Crippen LogP contribution in [0.25, 0.3) is 11.3 Å². The van der Waals surface area contributed by atoms with Crippen molar-refractivity contribution in [2.75, 3.05) is 7.05 Å². The van der Waals surface area contributed by atoms with Gasteiger partial charge in [-0.2, -0.15) is 5.10 Å². The molecule has 0 aliphatic rings. The molecule has 2 aromatic carbocycles. The monoisotopic (exact) mass is 384 g/mol. The molecule has 1 unspecified atom stereocenters. The third-order valence-electron chi connectivity index (χ3n) is 4.23. The SMILES string of the molecule is CNC(=O)C(NC(=O)c1cc(-c2ccc(C)cc2)n[nH]1)c1ccc(F)c(F)c1. The molecular formula is C20H18F2N4O2. The number of halogens is 2. The predicted octanol–water partition coefficient (Wildman–Crippen LogP) is 2.88. The van der Waals surface area contributed by atoms with Gasteiger partial charge in [0.15, 0.2) is 11.6 Å². The van der Waals surface area contributed by atoms with Gasteiger partial charge in [0.05, 0.1) is 5.69 Å². The predicted molar refractivity (Wildman–Crippen MR) is 99.4 cm³/mol. The number of benzene rings is 2. The van der Waals surface area contributed by atoms with Gasteiger partial charge >= 0.3 is 0 Å². The number of nitrogens with one attached hydrogen (secondary N) is 3. The van der Waals surface area contributed by atoms with Crippen LogP contribution in [-0.2, 0) is 4.79 Å². The second-order valence-electron chi connectivity index (χ2n) is 6.23. The molecule has 0 fully saturated rings. The highest BCUT2D eigenvalue weighted by molar-refractivity contribution is 5.97. The molecule has 3 N–H and O–H groups in total. The number of aromatic nitrogens is 2. The van der Waals surface area contributed by atoms with Gasteiger partial charge in [-0.15, -0.1) is 0 Å². The molecule has 0 bridgehead atoms. The Balaban J connectivity index is 1.83. The molecule has 0 radical (unpaired) electrons. The summed E-state index contributed by atoms with van der Waals surface area (Å²) in [5.74, 6) is -3.33. The fraction of sp³-hybridized carbons (Fsp3) is 0.150. The molecule has 144 valence electrons. The number of hydrogen-bond acceptors (Lipinski definition) is 3. The van der Waals surface area contributed by atoms with Crippen molar-refractivity contribution >= 4 is 11.8 Å². The zero-order valence-corrected chi connectivity index (χ0v) is 15.2. The van der Waals surface area contributed by atoms with Crippen molar-refractivity contribution in [3.05, 3.63) is 77.0 Å². The minimum atomic E-state index is -1.20. The van der Waals surface area contributed by atoms with Crippen LogP contribution < -0.4 is 10.6 Å². The summed E-state index contributed by atoms with van der Waals surface area (Å²) in [5.41, 5.74) is 2.73. The first-order valence-electron chi connectivity index (χ1n) is 8.49. The summed E-state index contributed by atoms with van der Waals surface area (Å²) in [6, 6.07) is 11.0. The number of hydrogen-bond donors (Lipinski definition) is 3. The average molecular weight is 384 g/mol. The smallest absolute Gasteiger partial charge is 0.270 e. The maximum absolute atomic E-state index is 13.6. The molecule has 1 heterocycles. The quantitative estimate of drug-likeness (QED) is 0.632. The van der Waals surface area contributed by atoms with Gasteiger partial charge in [0.2, 0.25) is 5.91 Å². The van der Waals surface area contributed by atoms with Crippen molar-refractivity contribution in [1.29, 1.82) is 0 Å². The van der Waals surface area contributed by atoms with Gasteiger partial charge in [-0.25, -0.2) is 8.78 Å². The third kappa shape index (κ3) is 4.06. The molecule has 1 atom stereocenters. The lowest BCUT2D eigenvalue weighted by Gasteiger charge is -2.17. The molecule has 3 rings (SSSR count). The second kappa shape index (κ2) is 7.99. The Labute approximate surface area is 160 Å². The second-order valence-corrected chi connectivity index (χ2v) is 6.23. The number of carbonyl (C=O) groups excluding carboxylic acids is 2. The molecule has 6 nitrogen and oxygen atoms in total. The normalized spacial score (nSPS) is 11.7. The summed E-state index contributed by atoms with van der Waals surface area (Å²) in [6.45, 7) is 1.96. The molecule has 1 aromatic heterocycles. The first-order valence-corrected chi connectivity index (χ1v) is 8.49. The number of aryl methyl sites for hydroxylation is 1. The van der Waals surface area contributed by atoms with Gasteiger partial charge in [0, 0.05) is 12.6 Å². The van der Waals surface area contributed by atoms with E-state index < -0.39 is 29.5 Å². The van der Waals surface area contributed by atoms with E-state index in [1.807, 2.05) is 31.2 Å². The Bertz CT molecular complexity index is 1020. The molecule has 28 heavy (non-hydrogen) atoms. The Hall–Kier alpha value is -3.55. The summed E-state index contributed by atoms with van der Waals surface area (Å²) < 4.78 is 26.7. The van der Waals surface area contributed by atoms with E-state index in [0.29, 0.717) is 5.69 Å². The maximum atomic E-state index is 13.6. The van der Waals surface area contributed by atoms with Crippen LogP contribution in [0.5, 0.6) is 0 Å². The van der Waals surface area contributed by atoms with Crippen molar-refractivity contribution in [1.82, 2.24) is 20.8 Å². The number of H-pyrrole nitrogens is 1. The highest BCUT2D eigenvalue weighted by Crippen LogP contribution is 2.20. The lowest BCUT2D eigenvalue weighted by atomic mass is 10.1. The lowest BCUT2D eigenvalue weighted by molar-refractivity contribution is -0.122. The van der Waals surface area contributed by atoms with Gasteiger partial charge in [-0.1, -0.05) is 35.9 Å². The number of carbonyl (C=O) groups is 2. The largest absolute Gasteiger partial charge is 0.357 e. The van der Waals surface area contributed by atoms with E-state index in [-0.39, 0.29) is 11.3 Å². The molecule has 0 aliphatic carbocycles. The van der Waals surface area contributed by atoms with Crippen LogP contribution in [0.15, 0.2) is 48.5 Å². The zero-order valence-electron chi connectivity index (χ0n) is 15.2. The number of nitrogens with zero attached hydrogens (tertiary/aromatic N) is 1. The summed E-state index contributed by atoms with van der Waals surface area (Å²) in [4.78, 5) is 24.7. The van der Waals surface area contributed by atoms with Gasteiger partial charge in [0.1, 0.15) is 11.7 Å². The molecule has 0 spiro atoms. The maximum Gasteiger partial charge on any atom is 0.270 e.